The van der Waals surface area contributed by atoms with Gasteiger partial charge in [0.1, 0.15) is 0 Å². The number of guanidine groups is 1. The lowest BCUT2D eigenvalue weighted by Gasteiger charge is -2.10. The first-order valence-electron chi connectivity index (χ1n) is 4.95. The fourth-order valence-corrected chi connectivity index (χ4v) is 1.14. The van der Waals surface area contributed by atoms with Crippen molar-refractivity contribution in [3.63, 3.8) is 0 Å². The van der Waals surface area contributed by atoms with Gasteiger partial charge in [-0.1, -0.05) is 34.8 Å². The number of halogens is 2. The van der Waals surface area contributed by atoms with Gasteiger partial charge in [0, 0.05) is 0 Å². The van der Waals surface area contributed by atoms with E-state index in [-0.39, 0.29) is 30.0 Å². The fraction of sp³-hybridized carbons (Fsp3) is 0.200. The summed E-state index contributed by atoms with van der Waals surface area (Å²) in [4.78, 5) is 11.1. The molecule has 0 fully saturated rings. The van der Waals surface area contributed by atoms with Crippen LogP contribution in [0.5, 0.6) is 0 Å². The van der Waals surface area contributed by atoms with Gasteiger partial charge >= 0.3 is 6.03 Å². The van der Waals surface area contributed by atoms with E-state index in [4.69, 9.17) is 11.5 Å². The maximum atomic E-state index is 13.2. The van der Waals surface area contributed by atoms with Crippen molar-refractivity contribution in [2.45, 2.75) is 6.42 Å². The second-order valence-corrected chi connectivity index (χ2v) is 3.27. The van der Waals surface area contributed by atoms with Crippen molar-refractivity contribution < 1.29 is 9.28 Å². The molecule has 2 amide bonds. The van der Waals surface area contributed by atoms with Crippen molar-refractivity contribution in [1.29, 1.82) is 0 Å². The molecule has 100 valence electrons. The number of amides is 2. The van der Waals surface area contributed by atoms with Crippen molar-refractivity contribution in [3.8, 4) is 0 Å². The highest BCUT2D eigenvalue weighted by molar-refractivity contribution is 5.85. The van der Waals surface area contributed by atoms with Crippen molar-refractivity contribution >= 4 is 24.4 Å². The highest BCUT2D eigenvalue weighted by Crippen LogP contribution is 2.01. The molecule has 0 radical (unpaired) electrons. The fourth-order valence-electron chi connectivity index (χ4n) is 1.14. The molecule has 0 atom stereocenters. The number of urea groups is 1. The topological polar surface area (TPSA) is 96.7 Å². The maximum absolute atomic E-state index is 13.2. The highest BCUT2D eigenvalue weighted by Gasteiger charge is 2.11. The average molecular weight is 276 g/mol. The SMILES string of the molecule is Cl.NC(N)=NNC(=O)N(F)CCc1ccccc1. The predicted octanol–water partition coefficient (Wildman–Crippen LogP) is 0.735. The molecule has 1 aromatic carbocycles. The average Bonchev–Trinajstić information content (AvgIpc) is 2.34. The Bertz CT molecular complexity index is 397. The van der Waals surface area contributed by atoms with E-state index >= 15 is 0 Å². The first-order chi connectivity index (χ1) is 8.09. The van der Waals surface area contributed by atoms with Crippen LogP contribution in [0.15, 0.2) is 35.4 Å². The number of hydrazone groups is 1. The summed E-state index contributed by atoms with van der Waals surface area (Å²) in [6.45, 7) is -0.0736. The number of hydrogen-bond acceptors (Lipinski definition) is 2. The second kappa shape index (κ2) is 8.13. The maximum Gasteiger partial charge on any atom is 0.365 e. The lowest BCUT2D eigenvalue weighted by atomic mass is 10.1. The van der Waals surface area contributed by atoms with Crippen LogP contribution >= 0.6 is 12.4 Å². The number of hydrogen-bond donors (Lipinski definition) is 3. The summed E-state index contributed by atoms with van der Waals surface area (Å²) in [6, 6.07) is 8.25. The van der Waals surface area contributed by atoms with Crippen LogP contribution in [0.4, 0.5) is 9.28 Å². The molecule has 8 heteroatoms. The number of nitrogens with zero attached hydrogens (tertiary/aromatic N) is 2. The van der Waals surface area contributed by atoms with Gasteiger partial charge in [0.25, 0.3) is 0 Å². The molecule has 1 aromatic rings. The van der Waals surface area contributed by atoms with E-state index in [1.807, 2.05) is 35.8 Å². The number of nitrogens with one attached hydrogen (secondary N) is 1. The third-order valence-corrected chi connectivity index (χ3v) is 1.94. The standard InChI is InChI=1S/C10H14FN5O.ClH/c11-16(10(17)15-14-9(12)13)7-6-8-4-2-1-3-5-8;/h1-5H,6-7H2,(H,15,17)(H4,12,13,14);1H. The second-order valence-electron chi connectivity index (χ2n) is 3.27. The van der Waals surface area contributed by atoms with Gasteiger partial charge in [-0.05, 0) is 12.0 Å². The molecule has 0 spiro atoms. The lowest BCUT2D eigenvalue weighted by Crippen LogP contribution is -2.36. The number of carbonyl (C=O) groups is 1. The molecule has 6 nitrogen and oxygen atoms in total. The monoisotopic (exact) mass is 275 g/mol. The zero-order valence-corrected chi connectivity index (χ0v) is 10.4. The third-order valence-electron chi connectivity index (χ3n) is 1.94. The van der Waals surface area contributed by atoms with Crippen LogP contribution in [0.1, 0.15) is 5.56 Å². The van der Waals surface area contributed by atoms with Gasteiger partial charge in [0.2, 0.25) is 5.96 Å². The van der Waals surface area contributed by atoms with Gasteiger partial charge in [-0.25, -0.2) is 10.2 Å². The number of benzene rings is 1. The van der Waals surface area contributed by atoms with Crippen molar-refractivity contribution in [2.75, 3.05) is 6.54 Å². The molecule has 0 unspecified atom stereocenters. The van der Waals surface area contributed by atoms with Crippen molar-refractivity contribution in [3.05, 3.63) is 35.9 Å². The predicted molar refractivity (Wildman–Crippen MR) is 69.5 cm³/mol. The minimum atomic E-state index is -1.01. The van der Waals surface area contributed by atoms with Crippen molar-refractivity contribution in [1.82, 2.24) is 10.5 Å². The summed E-state index contributed by atoms with van der Waals surface area (Å²) in [5.41, 5.74) is 12.8. The molecule has 0 aromatic heterocycles. The molecule has 0 aliphatic heterocycles. The van der Waals surface area contributed by atoms with E-state index in [9.17, 15) is 9.28 Å². The van der Waals surface area contributed by atoms with E-state index in [0.29, 0.717) is 6.42 Å². The summed E-state index contributed by atoms with van der Waals surface area (Å²) in [5.74, 6) is -0.338. The van der Waals surface area contributed by atoms with E-state index in [1.54, 1.807) is 0 Å². The van der Waals surface area contributed by atoms with Crippen LogP contribution in [0.2, 0.25) is 0 Å². The number of nitrogens with two attached hydrogens (primary N) is 2. The Morgan fingerprint density at radius 3 is 2.50 bits per heavy atom. The number of carbonyl (C=O) groups excluding carboxylic acids is 1. The lowest BCUT2D eigenvalue weighted by molar-refractivity contribution is 0.0673. The first-order valence-corrected chi connectivity index (χ1v) is 4.95. The Hall–Kier alpha value is -2.02. The normalized spacial score (nSPS) is 8.94. The smallest absolute Gasteiger partial charge is 0.365 e. The van der Waals surface area contributed by atoms with Gasteiger partial charge in [-0.3, -0.25) is 0 Å². The van der Waals surface area contributed by atoms with Gasteiger partial charge in [-0.15, -0.1) is 17.5 Å². The largest absolute Gasteiger partial charge is 0.369 e. The van der Waals surface area contributed by atoms with Crippen LogP contribution < -0.4 is 16.9 Å². The molecule has 0 saturated heterocycles. The van der Waals surface area contributed by atoms with Crippen LogP contribution in [0, 0.1) is 0 Å². The summed E-state index contributed by atoms with van der Waals surface area (Å²) >= 11 is 0. The Morgan fingerprint density at radius 2 is 1.94 bits per heavy atom. The molecular weight excluding hydrogens is 261 g/mol. The zero-order valence-electron chi connectivity index (χ0n) is 9.54. The zero-order chi connectivity index (χ0) is 12.7. The van der Waals surface area contributed by atoms with Gasteiger partial charge in [0.15, 0.2) is 0 Å². The van der Waals surface area contributed by atoms with Crippen LogP contribution in [0.3, 0.4) is 0 Å². The molecule has 18 heavy (non-hydrogen) atoms. The van der Waals surface area contributed by atoms with Crippen LogP contribution in [-0.2, 0) is 6.42 Å². The molecule has 0 aliphatic rings. The number of rotatable bonds is 4. The Kier molecular flexibility index (Phi) is 7.22. The van der Waals surface area contributed by atoms with Gasteiger partial charge < -0.3 is 11.5 Å². The Labute approximate surface area is 110 Å². The molecule has 5 N–H and O–H groups in total. The van der Waals surface area contributed by atoms with Gasteiger partial charge in [-0.2, -0.15) is 5.12 Å². The summed E-state index contributed by atoms with van der Waals surface area (Å²) in [5, 5.41) is 3.20. The summed E-state index contributed by atoms with van der Waals surface area (Å²) in [7, 11) is 0. The van der Waals surface area contributed by atoms with E-state index in [2.05, 4.69) is 5.10 Å². The quantitative estimate of drug-likeness (QED) is 0.327. The molecule has 0 bridgehead atoms. The first kappa shape index (κ1) is 16.0. The molecule has 0 aliphatic carbocycles. The Balaban J connectivity index is 0.00000289. The highest BCUT2D eigenvalue weighted by atomic mass is 35.5. The molecular formula is C10H15ClFN5O. The van der Waals surface area contributed by atoms with E-state index < -0.39 is 6.03 Å². The van der Waals surface area contributed by atoms with E-state index in [0.717, 1.165) is 5.56 Å². The molecule has 1 rings (SSSR count). The molecule has 0 heterocycles. The van der Waals surface area contributed by atoms with E-state index in [1.165, 1.54) is 0 Å². The minimum absolute atomic E-state index is 0. The molecule has 0 saturated carbocycles. The Morgan fingerprint density at radius 1 is 1.33 bits per heavy atom. The van der Waals surface area contributed by atoms with Gasteiger partial charge in [0.05, 0.1) is 6.54 Å². The third kappa shape index (κ3) is 5.90. The van der Waals surface area contributed by atoms with Crippen LogP contribution in [0.25, 0.3) is 0 Å². The van der Waals surface area contributed by atoms with Crippen molar-refractivity contribution in [2.24, 2.45) is 16.6 Å². The van der Waals surface area contributed by atoms with Crippen LogP contribution in [-0.4, -0.2) is 23.7 Å². The minimum Gasteiger partial charge on any atom is -0.369 e. The summed E-state index contributed by atoms with van der Waals surface area (Å²) < 4.78 is 13.2. The summed E-state index contributed by atoms with van der Waals surface area (Å²) in [6.07, 6.45) is 0.409.